The van der Waals surface area contributed by atoms with Crippen molar-refractivity contribution in [2.75, 3.05) is 11.9 Å². The maximum Gasteiger partial charge on any atom is 0.341 e. The first-order valence-electron chi connectivity index (χ1n) is 5.93. The van der Waals surface area contributed by atoms with Crippen molar-refractivity contribution in [3.8, 4) is 5.75 Å². The lowest BCUT2D eigenvalue weighted by Gasteiger charge is -2.07. The van der Waals surface area contributed by atoms with Gasteiger partial charge in [-0.25, -0.2) is 4.79 Å². The molecule has 0 spiro atoms. The minimum atomic E-state index is -1.04. The molecule has 6 heteroatoms. The van der Waals surface area contributed by atoms with Crippen molar-refractivity contribution in [2.45, 2.75) is 0 Å². The SMILES string of the molecule is Cn1cccc1C(=O)Nc1ccc(OCC(=O)O)cc1. The zero-order valence-corrected chi connectivity index (χ0v) is 10.9. The maximum absolute atomic E-state index is 12.0. The van der Waals surface area contributed by atoms with Gasteiger partial charge in [0.25, 0.3) is 5.91 Å². The molecule has 0 saturated carbocycles. The third-order valence-electron chi connectivity index (χ3n) is 2.65. The van der Waals surface area contributed by atoms with E-state index >= 15 is 0 Å². The van der Waals surface area contributed by atoms with Crippen molar-refractivity contribution >= 4 is 17.6 Å². The summed E-state index contributed by atoms with van der Waals surface area (Å²) in [7, 11) is 1.79. The van der Waals surface area contributed by atoms with Gasteiger partial charge in [-0.1, -0.05) is 0 Å². The summed E-state index contributed by atoms with van der Waals surface area (Å²) in [6.07, 6.45) is 1.79. The second kappa shape index (κ2) is 5.92. The maximum atomic E-state index is 12.0. The van der Waals surface area contributed by atoms with Crippen molar-refractivity contribution in [3.05, 3.63) is 48.3 Å². The fourth-order valence-electron chi connectivity index (χ4n) is 1.67. The molecular weight excluding hydrogens is 260 g/mol. The lowest BCUT2D eigenvalue weighted by Crippen LogP contribution is -2.15. The Morgan fingerprint density at radius 2 is 1.95 bits per heavy atom. The zero-order valence-electron chi connectivity index (χ0n) is 10.9. The van der Waals surface area contributed by atoms with E-state index in [0.717, 1.165) is 0 Å². The molecule has 6 nitrogen and oxygen atoms in total. The number of carboxylic acid groups (broad SMARTS) is 1. The molecule has 1 aromatic carbocycles. The predicted molar refractivity (Wildman–Crippen MR) is 72.9 cm³/mol. The number of aryl methyl sites for hydroxylation is 1. The fraction of sp³-hybridized carbons (Fsp3) is 0.143. The summed E-state index contributed by atoms with van der Waals surface area (Å²) in [5.41, 5.74) is 1.16. The Morgan fingerprint density at radius 3 is 2.50 bits per heavy atom. The number of nitrogens with zero attached hydrogens (tertiary/aromatic N) is 1. The molecule has 0 aliphatic carbocycles. The predicted octanol–water partition coefficient (Wildman–Crippen LogP) is 1.74. The average Bonchev–Trinajstić information content (AvgIpc) is 2.84. The highest BCUT2D eigenvalue weighted by Crippen LogP contribution is 2.16. The Labute approximate surface area is 115 Å². The summed E-state index contributed by atoms with van der Waals surface area (Å²) in [6.45, 7) is -0.394. The van der Waals surface area contributed by atoms with Crippen molar-refractivity contribution < 1.29 is 19.4 Å². The number of benzene rings is 1. The number of hydrogen-bond acceptors (Lipinski definition) is 3. The molecule has 1 amide bonds. The number of aromatic nitrogens is 1. The van der Waals surface area contributed by atoms with Crippen LogP contribution in [0.1, 0.15) is 10.5 Å². The molecule has 1 heterocycles. The summed E-state index contributed by atoms with van der Waals surface area (Å²) >= 11 is 0. The number of hydrogen-bond donors (Lipinski definition) is 2. The third-order valence-corrected chi connectivity index (χ3v) is 2.65. The van der Waals surface area contributed by atoms with Gasteiger partial charge >= 0.3 is 5.97 Å². The smallest absolute Gasteiger partial charge is 0.341 e. The largest absolute Gasteiger partial charge is 0.482 e. The number of ether oxygens (including phenoxy) is 1. The van der Waals surface area contributed by atoms with Crippen molar-refractivity contribution in [2.24, 2.45) is 7.05 Å². The van der Waals surface area contributed by atoms with Crippen LogP contribution in [0.4, 0.5) is 5.69 Å². The van der Waals surface area contributed by atoms with Crippen molar-refractivity contribution in [1.82, 2.24) is 4.57 Å². The molecule has 0 aliphatic rings. The molecule has 1 aromatic heterocycles. The van der Waals surface area contributed by atoms with Crippen LogP contribution in [-0.4, -0.2) is 28.2 Å². The van der Waals surface area contributed by atoms with Gasteiger partial charge < -0.3 is 19.7 Å². The quantitative estimate of drug-likeness (QED) is 0.870. The number of aliphatic carboxylic acids is 1. The molecule has 0 fully saturated rings. The Bertz CT molecular complexity index is 616. The lowest BCUT2D eigenvalue weighted by atomic mass is 10.3. The van der Waals surface area contributed by atoms with Gasteiger partial charge in [0.15, 0.2) is 6.61 Å². The van der Waals surface area contributed by atoms with Crippen LogP contribution in [0.25, 0.3) is 0 Å². The molecule has 0 aliphatic heterocycles. The van der Waals surface area contributed by atoms with Gasteiger partial charge in [0, 0.05) is 18.9 Å². The standard InChI is InChI=1S/C14H14N2O4/c1-16-8-2-3-12(16)14(19)15-10-4-6-11(7-5-10)20-9-13(17)18/h2-8H,9H2,1H3,(H,15,19)(H,17,18). The molecular formula is C14H14N2O4. The summed E-state index contributed by atoms with van der Waals surface area (Å²) in [5.74, 6) is -0.813. The van der Waals surface area contributed by atoms with Crippen molar-refractivity contribution in [3.63, 3.8) is 0 Å². The van der Waals surface area contributed by atoms with Gasteiger partial charge in [-0.2, -0.15) is 0 Å². The Balaban J connectivity index is 1.99. The first kappa shape index (κ1) is 13.7. The fourth-order valence-corrected chi connectivity index (χ4v) is 1.67. The average molecular weight is 274 g/mol. The highest BCUT2D eigenvalue weighted by Gasteiger charge is 2.09. The minimum Gasteiger partial charge on any atom is -0.482 e. The molecule has 0 bridgehead atoms. The summed E-state index contributed by atoms with van der Waals surface area (Å²) in [4.78, 5) is 22.3. The van der Waals surface area contributed by atoms with Crippen molar-refractivity contribution in [1.29, 1.82) is 0 Å². The van der Waals surface area contributed by atoms with E-state index in [0.29, 0.717) is 17.1 Å². The number of rotatable bonds is 5. The van der Waals surface area contributed by atoms with Crippen LogP contribution < -0.4 is 10.1 Å². The molecule has 0 saturated heterocycles. The Kier molecular flexibility index (Phi) is 4.05. The second-order valence-electron chi connectivity index (χ2n) is 4.17. The van der Waals surface area contributed by atoms with Crippen LogP contribution in [0.2, 0.25) is 0 Å². The van der Waals surface area contributed by atoms with E-state index in [1.54, 1.807) is 54.2 Å². The van der Waals surface area contributed by atoms with Crippen LogP contribution in [0.3, 0.4) is 0 Å². The van der Waals surface area contributed by atoms with Crippen LogP contribution in [0.15, 0.2) is 42.6 Å². The molecule has 0 unspecified atom stereocenters. The van der Waals surface area contributed by atoms with E-state index in [-0.39, 0.29) is 5.91 Å². The molecule has 104 valence electrons. The molecule has 0 atom stereocenters. The van der Waals surface area contributed by atoms with Gasteiger partial charge in [0.1, 0.15) is 11.4 Å². The highest BCUT2D eigenvalue weighted by molar-refractivity contribution is 6.03. The number of carbonyl (C=O) groups excluding carboxylic acids is 1. The van der Waals surface area contributed by atoms with Gasteiger partial charge in [-0.05, 0) is 36.4 Å². The van der Waals surface area contributed by atoms with Crippen LogP contribution in [0, 0.1) is 0 Å². The lowest BCUT2D eigenvalue weighted by molar-refractivity contribution is -0.139. The number of carbonyl (C=O) groups is 2. The normalized spacial score (nSPS) is 10.1. The first-order valence-corrected chi connectivity index (χ1v) is 5.93. The zero-order chi connectivity index (χ0) is 14.5. The highest BCUT2D eigenvalue weighted by atomic mass is 16.5. The molecule has 2 N–H and O–H groups in total. The van der Waals surface area contributed by atoms with Gasteiger partial charge in [0.2, 0.25) is 0 Å². The summed E-state index contributed by atoms with van der Waals surface area (Å²) in [5, 5.41) is 11.2. The summed E-state index contributed by atoms with van der Waals surface area (Å²) in [6, 6.07) is 10.0. The third kappa shape index (κ3) is 3.38. The van der Waals surface area contributed by atoms with E-state index in [1.807, 2.05) is 0 Å². The van der Waals surface area contributed by atoms with Gasteiger partial charge in [-0.3, -0.25) is 4.79 Å². The van der Waals surface area contributed by atoms with Gasteiger partial charge in [-0.15, -0.1) is 0 Å². The van der Waals surface area contributed by atoms with Crippen LogP contribution >= 0.6 is 0 Å². The molecule has 0 radical (unpaired) electrons. The number of anilines is 1. The second-order valence-corrected chi connectivity index (χ2v) is 4.17. The number of amides is 1. The Morgan fingerprint density at radius 1 is 1.25 bits per heavy atom. The minimum absolute atomic E-state index is 0.211. The molecule has 2 rings (SSSR count). The van der Waals surface area contributed by atoms with Crippen LogP contribution in [-0.2, 0) is 11.8 Å². The van der Waals surface area contributed by atoms with E-state index in [4.69, 9.17) is 9.84 Å². The Hall–Kier alpha value is -2.76. The van der Waals surface area contributed by atoms with E-state index in [9.17, 15) is 9.59 Å². The summed E-state index contributed by atoms with van der Waals surface area (Å²) < 4.78 is 6.72. The number of carboxylic acids is 1. The van der Waals surface area contributed by atoms with E-state index in [1.165, 1.54) is 0 Å². The monoisotopic (exact) mass is 274 g/mol. The van der Waals surface area contributed by atoms with E-state index in [2.05, 4.69) is 5.32 Å². The van der Waals surface area contributed by atoms with Crippen LogP contribution in [0.5, 0.6) is 5.75 Å². The topological polar surface area (TPSA) is 80.6 Å². The molecule has 20 heavy (non-hydrogen) atoms. The first-order chi connectivity index (χ1) is 9.56. The van der Waals surface area contributed by atoms with E-state index < -0.39 is 12.6 Å². The number of nitrogens with one attached hydrogen (secondary N) is 1. The molecule has 2 aromatic rings. The van der Waals surface area contributed by atoms with Gasteiger partial charge in [0.05, 0.1) is 0 Å².